The van der Waals surface area contributed by atoms with Crippen LogP contribution in [0.4, 0.5) is 0 Å². The van der Waals surface area contributed by atoms with Gasteiger partial charge in [0.1, 0.15) is 9.84 Å². The average Bonchev–Trinajstić information content (AvgIpc) is 2.33. The zero-order chi connectivity index (χ0) is 13.2. The van der Waals surface area contributed by atoms with Crippen molar-refractivity contribution in [1.82, 2.24) is 5.32 Å². The third-order valence-electron chi connectivity index (χ3n) is 3.00. The Bertz CT molecular complexity index is 525. The van der Waals surface area contributed by atoms with Gasteiger partial charge in [0.15, 0.2) is 0 Å². The van der Waals surface area contributed by atoms with E-state index in [9.17, 15) is 13.2 Å². The third kappa shape index (κ3) is 3.55. The number of sulfone groups is 1. The van der Waals surface area contributed by atoms with Gasteiger partial charge >= 0.3 is 0 Å². The molecule has 0 atom stereocenters. The van der Waals surface area contributed by atoms with Crippen LogP contribution in [0.3, 0.4) is 0 Å². The van der Waals surface area contributed by atoms with E-state index in [4.69, 9.17) is 0 Å². The number of hydrogen-bond acceptors (Lipinski definition) is 3. The first-order valence-corrected chi connectivity index (χ1v) is 8.34. The zero-order valence-corrected chi connectivity index (χ0v) is 12.1. The predicted octanol–water partition coefficient (Wildman–Crippen LogP) is 1.76. The maximum Gasteiger partial charge on any atom is 0.251 e. The smallest absolute Gasteiger partial charge is 0.251 e. The topological polar surface area (TPSA) is 63.2 Å². The van der Waals surface area contributed by atoms with E-state index in [0.717, 1.165) is 4.47 Å². The summed E-state index contributed by atoms with van der Waals surface area (Å²) in [6.45, 7) is 0. The van der Waals surface area contributed by atoms with Gasteiger partial charge in [-0.15, -0.1) is 0 Å². The summed E-state index contributed by atoms with van der Waals surface area (Å²) in [4.78, 5) is 11.9. The minimum Gasteiger partial charge on any atom is -0.349 e. The Morgan fingerprint density at radius 2 is 1.72 bits per heavy atom. The first-order valence-electron chi connectivity index (χ1n) is 5.73. The molecular formula is C12H14BrNO3S. The van der Waals surface area contributed by atoms with Gasteiger partial charge in [0.25, 0.3) is 5.91 Å². The summed E-state index contributed by atoms with van der Waals surface area (Å²) in [6.07, 6.45) is 1.01. The lowest BCUT2D eigenvalue weighted by atomic mass is 10.1. The molecule has 2 rings (SSSR count). The number of rotatable bonds is 2. The van der Waals surface area contributed by atoms with Gasteiger partial charge in [0, 0.05) is 16.1 Å². The fourth-order valence-corrected chi connectivity index (χ4v) is 3.66. The summed E-state index contributed by atoms with van der Waals surface area (Å²) in [5.41, 5.74) is 0.589. The standard InChI is InChI=1S/C12H14BrNO3S/c13-10-3-1-9(2-4-10)12(15)14-11-5-7-18(16,17)8-6-11/h1-4,11H,5-8H2,(H,14,15). The Morgan fingerprint density at radius 3 is 2.28 bits per heavy atom. The number of benzene rings is 1. The molecule has 1 aliphatic heterocycles. The molecule has 1 N–H and O–H groups in total. The van der Waals surface area contributed by atoms with Gasteiger partial charge in [0.05, 0.1) is 11.5 Å². The lowest BCUT2D eigenvalue weighted by Crippen LogP contribution is -2.40. The second-order valence-electron chi connectivity index (χ2n) is 4.41. The highest BCUT2D eigenvalue weighted by Gasteiger charge is 2.24. The van der Waals surface area contributed by atoms with Crippen molar-refractivity contribution in [2.45, 2.75) is 18.9 Å². The number of hydrogen-bond donors (Lipinski definition) is 1. The van der Waals surface area contributed by atoms with Crippen molar-refractivity contribution in [3.05, 3.63) is 34.3 Å². The van der Waals surface area contributed by atoms with Crippen molar-refractivity contribution in [1.29, 1.82) is 0 Å². The SMILES string of the molecule is O=C(NC1CCS(=O)(=O)CC1)c1ccc(Br)cc1. The second-order valence-corrected chi connectivity index (χ2v) is 7.63. The summed E-state index contributed by atoms with van der Waals surface area (Å²) in [7, 11) is -2.88. The summed E-state index contributed by atoms with van der Waals surface area (Å²) < 4.78 is 23.5. The number of amides is 1. The highest BCUT2D eigenvalue weighted by atomic mass is 79.9. The van der Waals surface area contributed by atoms with E-state index < -0.39 is 9.84 Å². The normalized spacial score (nSPS) is 19.4. The molecule has 1 saturated heterocycles. The van der Waals surface area contributed by atoms with Crippen LogP contribution in [-0.4, -0.2) is 31.9 Å². The van der Waals surface area contributed by atoms with Gasteiger partial charge in [-0.2, -0.15) is 0 Å². The van der Waals surface area contributed by atoms with Crippen LogP contribution < -0.4 is 5.32 Å². The molecule has 1 amide bonds. The van der Waals surface area contributed by atoms with Crippen LogP contribution in [0.2, 0.25) is 0 Å². The van der Waals surface area contributed by atoms with Crippen LogP contribution in [0.15, 0.2) is 28.7 Å². The molecule has 18 heavy (non-hydrogen) atoms. The summed E-state index contributed by atoms with van der Waals surface area (Å²) in [5, 5.41) is 2.87. The maximum atomic E-state index is 11.9. The molecule has 98 valence electrons. The molecule has 0 radical (unpaired) electrons. The molecular weight excluding hydrogens is 318 g/mol. The Morgan fingerprint density at radius 1 is 1.17 bits per heavy atom. The minimum absolute atomic E-state index is 0.0373. The van der Waals surface area contributed by atoms with E-state index in [1.807, 2.05) is 0 Å². The largest absolute Gasteiger partial charge is 0.349 e. The molecule has 1 aromatic carbocycles. The van der Waals surface area contributed by atoms with Gasteiger partial charge in [-0.1, -0.05) is 15.9 Å². The fourth-order valence-electron chi connectivity index (χ4n) is 1.90. The minimum atomic E-state index is -2.88. The van der Waals surface area contributed by atoms with Crippen molar-refractivity contribution >= 4 is 31.7 Å². The zero-order valence-electron chi connectivity index (χ0n) is 9.73. The van der Waals surface area contributed by atoms with E-state index in [1.165, 1.54) is 0 Å². The van der Waals surface area contributed by atoms with Crippen LogP contribution in [-0.2, 0) is 9.84 Å². The Kier molecular flexibility index (Phi) is 4.07. The molecule has 0 aromatic heterocycles. The fraction of sp³-hybridized carbons (Fsp3) is 0.417. The molecule has 1 heterocycles. The first-order chi connectivity index (χ1) is 8.46. The predicted molar refractivity (Wildman–Crippen MR) is 73.3 cm³/mol. The summed E-state index contributed by atoms with van der Waals surface area (Å²) in [5.74, 6) is 0.183. The lowest BCUT2D eigenvalue weighted by molar-refractivity contribution is 0.0934. The maximum absolute atomic E-state index is 11.9. The molecule has 1 fully saturated rings. The Balaban J connectivity index is 1.94. The van der Waals surface area contributed by atoms with Gasteiger partial charge < -0.3 is 5.32 Å². The number of carbonyl (C=O) groups excluding carboxylic acids is 1. The summed E-state index contributed by atoms with van der Waals surface area (Å²) >= 11 is 3.31. The van der Waals surface area contributed by atoms with Gasteiger partial charge in [0.2, 0.25) is 0 Å². The first kappa shape index (κ1) is 13.5. The van der Waals surface area contributed by atoms with E-state index in [0.29, 0.717) is 18.4 Å². The van der Waals surface area contributed by atoms with Crippen LogP contribution >= 0.6 is 15.9 Å². The van der Waals surface area contributed by atoms with E-state index >= 15 is 0 Å². The molecule has 1 aromatic rings. The molecule has 0 unspecified atom stereocenters. The van der Waals surface area contributed by atoms with E-state index in [2.05, 4.69) is 21.2 Å². The van der Waals surface area contributed by atoms with Crippen molar-refractivity contribution < 1.29 is 13.2 Å². The third-order valence-corrected chi connectivity index (χ3v) is 5.24. The Hall–Kier alpha value is -0.880. The molecule has 0 spiro atoms. The molecule has 6 heteroatoms. The lowest BCUT2D eigenvalue weighted by Gasteiger charge is -2.23. The summed E-state index contributed by atoms with van der Waals surface area (Å²) in [6, 6.07) is 7.04. The van der Waals surface area contributed by atoms with E-state index in [-0.39, 0.29) is 23.5 Å². The molecule has 0 saturated carbocycles. The van der Waals surface area contributed by atoms with Crippen molar-refractivity contribution in [2.24, 2.45) is 0 Å². The van der Waals surface area contributed by atoms with Crippen LogP contribution in [0.25, 0.3) is 0 Å². The van der Waals surface area contributed by atoms with Crippen molar-refractivity contribution in [3.8, 4) is 0 Å². The number of halogens is 1. The highest BCUT2D eigenvalue weighted by Crippen LogP contribution is 2.14. The van der Waals surface area contributed by atoms with Gasteiger partial charge in [-0.25, -0.2) is 8.42 Å². The average molecular weight is 332 g/mol. The second kappa shape index (κ2) is 5.40. The van der Waals surface area contributed by atoms with Gasteiger partial charge in [-0.05, 0) is 37.1 Å². The number of nitrogens with one attached hydrogen (secondary N) is 1. The highest BCUT2D eigenvalue weighted by molar-refractivity contribution is 9.10. The van der Waals surface area contributed by atoms with Gasteiger partial charge in [-0.3, -0.25) is 4.79 Å². The van der Waals surface area contributed by atoms with Crippen molar-refractivity contribution in [2.75, 3.05) is 11.5 Å². The molecule has 4 nitrogen and oxygen atoms in total. The number of carbonyl (C=O) groups is 1. The van der Waals surface area contributed by atoms with Crippen LogP contribution in [0, 0.1) is 0 Å². The van der Waals surface area contributed by atoms with Crippen molar-refractivity contribution in [3.63, 3.8) is 0 Å². The van der Waals surface area contributed by atoms with Crippen LogP contribution in [0.1, 0.15) is 23.2 Å². The molecule has 0 bridgehead atoms. The molecule has 0 aliphatic carbocycles. The van der Waals surface area contributed by atoms with Crippen LogP contribution in [0.5, 0.6) is 0 Å². The quantitative estimate of drug-likeness (QED) is 0.898. The molecule has 1 aliphatic rings. The van der Waals surface area contributed by atoms with E-state index in [1.54, 1.807) is 24.3 Å². The monoisotopic (exact) mass is 331 g/mol. The Labute approximate surface area is 115 Å².